The summed E-state index contributed by atoms with van der Waals surface area (Å²) in [6.45, 7) is 8.47. The molecule has 0 aliphatic rings. The van der Waals surface area contributed by atoms with Gasteiger partial charge in [-0.15, -0.1) is 0 Å². The molecule has 2 N–H and O–H groups in total. The number of urea groups is 1. The Hall–Kier alpha value is -1.91. The molecule has 0 heterocycles. The second-order valence-electron chi connectivity index (χ2n) is 6.80. The van der Waals surface area contributed by atoms with Crippen molar-refractivity contribution in [2.45, 2.75) is 33.1 Å². The Balaban J connectivity index is 1.94. The van der Waals surface area contributed by atoms with Gasteiger partial charge in [-0.3, -0.25) is 0 Å². The van der Waals surface area contributed by atoms with E-state index in [1.165, 1.54) is 5.56 Å². The van der Waals surface area contributed by atoms with Gasteiger partial charge in [0.05, 0.1) is 10.0 Å². The van der Waals surface area contributed by atoms with Crippen molar-refractivity contribution < 1.29 is 9.53 Å². The molecule has 0 bridgehead atoms. The zero-order valence-corrected chi connectivity index (χ0v) is 16.3. The molecule has 0 saturated heterocycles. The summed E-state index contributed by atoms with van der Waals surface area (Å²) >= 11 is 11.8. The van der Waals surface area contributed by atoms with Gasteiger partial charge in [-0.2, -0.15) is 0 Å². The summed E-state index contributed by atoms with van der Waals surface area (Å²) in [6.07, 6.45) is 0. The van der Waals surface area contributed by atoms with Gasteiger partial charge in [-0.1, -0.05) is 61.7 Å². The molecule has 2 aromatic carbocycles. The lowest BCUT2D eigenvalue weighted by molar-refractivity contribution is 0.233. The summed E-state index contributed by atoms with van der Waals surface area (Å²) in [4.78, 5) is 12.0. The number of hydrogen-bond acceptors (Lipinski definition) is 2. The molecule has 6 heteroatoms. The summed E-state index contributed by atoms with van der Waals surface area (Å²) in [5.74, 6) is 0.757. The summed E-state index contributed by atoms with van der Waals surface area (Å²) in [7, 11) is 0. The fraction of sp³-hybridized carbons (Fsp3) is 0.316. The second-order valence-corrected chi connectivity index (χ2v) is 7.61. The average Bonchev–Trinajstić information content (AvgIpc) is 2.51. The van der Waals surface area contributed by atoms with E-state index in [1.54, 1.807) is 18.2 Å². The highest BCUT2D eigenvalue weighted by molar-refractivity contribution is 6.42. The van der Waals surface area contributed by atoms with Gasteiger partial charge in [0.15, 0.2) is 6.73 Å². The molecule has 0 atom stereocenters. The van der Waals surface area contributed by atoms with E-state index >= 15 is 0 Å². The highest BCUT2D eigenvalue weighted by Gasteiger charge is 2.19. The molecule has 0 unspecified atom stereocenters. The first-order valence-electron chi connectivity index (χ1n) is 7.90. The molecule has 0 radical (unpaired) electrons. The fourth-order valence-electron chi connectivity index (χ4n) is 2.28. The third kappa shape index (κ3) is 5.55. The Kier molecular flexibility index (Phi) is 6.20. The van der Waals surface area contributed by atoms with E-state index in [1.807, 2.05) is 19.1 Å². The zero-order chi connectivity index (χ0) is 18.6. The van der Waals surface area contributed by atoms with Crippen LogP contribution in [0, 0.1) is 6.92 Å². The monoisotopic (exact) mass is 380 g/mol. The van der Waals surface area contributed by atoms with Crippen molar-refractivity contribution in [1.82, 2.24) is 5.32 Å². The molecule has 2 aromatic rings. The third-order valence-electron chi connectivity index (χ3n) is 3.58. The Morgan fingerprint density at radius 1 is 1.08 bits per heavy atom. The minimum absolute atomic E-state index is 0.0519. The molecule has 2 amide bonds. The normalized spacial score (nSPS) is 11.1. The van der Waals surface area contributed by atoms with Crippen LogP contribution in [0.4, 0.5) is 10.5 Å². The summed E-state index contributed by atoms with van der Waals surface area (Å²) in [5, 5.41) is 6.15. The van der Waals surface area contributed by atoms with Crippen molar-refractivity contribution in [1.29, 1.82) is 0 Å². The van der Waals surface area contributed by atoms with Gasteiger partial charge in [0, 0.05) is 5.69 Å². The highest BCUT2D eigenvalue weighted by Crippen LogP contribution is 2.32. The van der Waals surface area contributed by atoms with E-state index < -0.39 is 0 Å². The lowest BCUT2D eigenvalue weighted by Gasteiger charge is -2.23. The van der Waals surface area contributed by atoms with E-state index in [-0.39, 0.29) is 18.2 Å². The largest absolute Gasteiger partial charge is 0.473 e. The number of aryl methyl sites for hydroxylation is 1. The molecule has 0 aromatic heterocycles. The molecular formula is C19H22Cl2N2O2. The van der Waals surface area contributed by atoms with Crippen molar-refractivity contribution >= 4 is 34.9 Å². The number of anilines is 1. The SMILES string of the molecule is Cc1ccc(OCNC(=O)Nc2ccc(Cl)c(Cl)c2)c(C(C)(C)C)c1. The predicted octanol–water partition coefficient (Wildman–Crippen LogP) is 5.76. The molecular weight excluding hydrogens is 359 g/mol. The van der Waals surface area contributed by atoms with Crippen LogP contribution in [0.5, 0.6) is 5.75 Å². The Morgan fingerprint density at radius 3 is 2.44 bits per heavy atom. The summed E-state index contributed by atoms with van der Waals surface area (Å²) < 4.78 is 5.75. The number of hydrogen-bond donors (Lipinski definition) is 2. The molecule has 0 saturated carbocycles. The van der Waals surface area contributed by atoms with Crippen molar-refractivity contribution in [3.63, 3.8) is 0 Å². The lowest BCUT2D eigenvalue weighted by Crippen LogP contribution is -2.32. The number of amides is 2. The summed E-state index contributed by atoms with van der Waals surface area (Å²) in [5.41, 5.74) is 2.77. The van der Waals surface area contributed by atoms with Crippen molar-refractivity contribution in [2.75, 3.05) is 12.0 Å². The quantitative estimate of drug-likeness (QED) is 0.662. The maximum absolute atomic E-state index is 12.0. The molecule has 0 fully saturated rings. The number of benzene rings is 2. The number of carbonyl (C=O) groups is 1. The smallest absolute Gasteiger partial charge is 0.321 e. The first-order chi connectivity index (χ1) is 11.7. The number of rotatable bonds is 4. The van der Waals surface area contributed by atoms with Gasteiger partial charge >= 0.3 is 6.03 Å². The van der Waals surface area contributed by atoms with Gasteiger partial charge in [-0.25, -0.2) is 4.79 Å². The van der Waals surface area contributed by atoms with Crippen LogP contribution in [-0.2, 0) is 5.41 Å². The van der Waals surface area contributed by atoms with Crippen LogP contribution in [0.1, 0.15) is 31.9 Å². The third-order valence-corrected chi connectivity index (χ3v) is 4.32. The molecule has 0 spiro atoms. The van der Waals surface area contributed by atoms with Crippen LogP contribution in [0.25, 0.3) is 0 Å². The van der Waals surface area contributed by atoms with Gasteiger partial charge in [-0.05, 0) is 42.2 Å². The van der Waals surface area contributed by atoms with Crippen LogP contribution in [0.2, 0.25) is 10.0 Å². The Morgan fingerprint density at radius 2 is 1.80 bits per heavy atom. The number of nitrogens with one attached hydrogen (secondary N) is 2. The van der Waals surface area contributed by atoms with E-state index in [9.17, 15) is 4.79 Å². The predicted molar refractivity (Wildman–Crippen MR) is 104 cm³/mol. The maximum atomic E-state index is 12.0. The Bertz CT molecular complexity index is 771. The first-order valence-corrected chi connectivity index (χ1v) is 8.66. The van der Waals surface area contributed by atoms with Crippen LogP contribution in [0.3, 0.4) is 0 Å². The highest BCUT2D eigenvalue weighted by atomic mass is 35.5. The van der Waals surface area contributed by atoms with Gasteiger partial charge < -0.3 is 15.4 Å². The van der Waals surface area contributed by atoms with Crippen molar-refractivity contribution in [3.8, 4) is 5.75 Å². The molecule has 0 aliphatic carbocycles. The lowest BCUT2D eigenvalue weighted by atomic mass is 9.85. The van der Waals surface area contributed by atoms with Crippen LogP contribution in [-0.4, -0.2) is 12.8 Å². The molecule has 25 heavy (non-hydrogen) atoms. The van der Waals surface area contributed by atoms with Crippen LogP contribution in [0.15, 0.2) is 36.4 Å². The second kappa shape index (κ2) is 7.98. The zero-order valence-electron chi connectivity index (χ0n) is 14.7. The van der Waals surface area contributed by atoms with Crippen LogP contribution < -0.4 is 15.4 Å². The standard InChI is InChI=1S/C19H22Cl2N2O2/c1-12-5-8-17(14(9-12)19(2,3)4)25-11-22-18(24)23-13-6-7-15(20)16(21)10-13/h5-10H,11H2,1-4H3,(H2,22,23,24). The van der Waals surface area contributed by atoms with E-state index in [0.29, 0.717) is 15.7 Å². The molecule has 0 aliphatic heterocycles. The van der Waals surface area contributed by atoms with E-state index in [2.05, 4.69) is 37.5 Å². The maximum Gasteiger partial charge on any atom is 0.321 e. The average molecular weight is 381 g/mol. The van der Waals surface area contributed by atoms with Gasteiger partial charge in [0.25, 0.3) is 0 Å². The molecule has 4 nitrogen and oxygen atoms in total. The van der Waals surface area contributed by atoms with E-state index in [4.69, 9.17) is 27.9 Å². The first kappa shape index (κ1) is 19.4. The van der Waals surface area contributed by atoms with Crippen molar-refractivity contribution in [3.05, 3.63) is 57.6 Å². The number of ether oxygens (including phenoxy) is 1. The minimum Gasteiger partial charge on any atom is -0.473 e. The minimum atomic E-state index is -0.386. The molecule has 134 valence electrons. The topological polar surface area (TPSA) is 50.4 Å². The fourth-order valence-corrected chi connectivity index (χ4v) is 2.58. The number of halogens is 2. The van der Waals surface area contributed by atoms with Gasteiger partial charge in [0.2, 0.25) is 0 Å². The van der Waals surface area contributed by atoms with E-state index in [0.717, 1.165) is 11.3 Å². The molecule has 2 rings (SSSR count). The Labute approximate surface area is 158 Å². The van der Waals surface area contributed by atoms with Crippen LogP contribution >= 0.6 is 23.2 Å². The van der Waals surface area contributed by atoms with Gasteiger partial charge in [0.1, 0.15) is 5.75 Å². The summed E-state index contributed by atoms with van der Waals surface area (Å²) in [6, 6.07) is 10.5. The van der Waals surface area contributed by atoms with Crippen molar-refractivity contribution in [2.24, 2.45) is 0 Å². The number of carbonyl (C=O) groups excluding carboxylic acids is 1.